The number of rotatable bonds is 5. The fraction of sp³-hybridized carbons (Fsp3) is 0.133. The van der Waals surface area contributed by atoms with Crippen LogP contribution < -0.4 is 9.46 Å². The number of aromatic carboxylic acids is 1. The van der Waals surface area contributed by atoms with Gasteiger partial charge in [0.05, 0.1) is 17.6 Å². The van der Waals surface area contributed by atoms with E-state index in [4.69, 9.17) is 9.84 Å². The van der Waals surface area contributed by atoms with Crippen molar-refractivity contribution in [2.75, 3.05) is 11.8 Å². The number of carbonyl (C=O) groups is 1. The lowest BCUT2D eigenvalue weighted by molar-refractivity contribution is 0.0696. The lowest BCUT2D eigenvalue weighted by atomic mass is 10.2. The number of sulfonamides is 1. The summed E-state index contributed by atoms with van der Waals surface area (Å²) in [6, 6.07) is 9.91. The molecule has 0 spiro atoms. The predicted octanol–water partition coefficient (Wildman–Crippen LogP) is 2.50. The summed E-state index contributed by atoms with van der Waals surface area (Å²) < 4.78 is 32.1. The highest BCUT2D eigenvalue weighted by Gasteiger charge is 2.15. The first-order valence-corrected chi connectivity index (χ1v) is 7.82. The van der Waals surface area contributed by atoms with E-state index in [0.29, 0.717) is 11.4 Å². The predicted molar refractivity (Wildman–Crippen MR) is 81.9 cm³/mol. The topological polar surface area (TPSA) is 92.7 Å². The maximum Gasteiger partial charge on any atom is 0.335 e. The fourth-order valence-corrected chi connectivity index (χ4v) is 2.98. The van der Waals surface area contributed by atoms with Crippen LogP contribution in [0.25, 0.3) is 0 Å². The zero-order chi connectivity index (χ0) is 16.3. The molecule has 0 saturated carbocycles. The van der Waals surface area contributed by atoms with Gasteiger partial charge in [-0.2, -0.15) is 0 Å². The molecule has 116 valence electrons. The van der Waals surface area contributed by atoms with Gasteiger partial charge in [-0.05, 0) is 55.0 Å². The zero-order valence-corrected chi connectivity index (χ0v) is 12.8. The normalized spacial score (nSPS) is 11.0. The van der Waals surface area contributed by atoms with E-state index in [1.807, 2.05) is 0 Å². The van der Waals surface area contributed by atoms with Gasteiger partial charge in [0.15, 0.2) is 0 Å². The highest BCUT2D eigenvalue weighted by Crippen LogP contribution is 2.23. The van der Waals surface area contributed by atoms with Crippen molar-refractivity contribution in [2.24, 2.45) is 0 Å². The summed E-state index contributed by atoms with van der Waals surface area (Å²) in [5.74, 6) is -0.448. The van der Waals surface area contributed by atoms with E-state index < -0.39 is 16.0 Å². The number of anilines is 1. The smallest absolute Gasteiger partial charge is 0.335 e. The number of ether oxygens (including phenoxy) is 1. The molecule has 0 aromatic heterocycles. The molecule has 6 nitrogen and oxygen atoms in total. The largest absolute Gasteiger partial charge is 0.496 e. The molecule has 0 bridgehead atoms. The molecule has 0 aliphatic rings. The van der Waals surface area contributed by atoms with E-state index in [1.165, 1.54) is 31.4 Å². The summed E-state index contributed by atoms with van der Waals surface area (Å²) in [4.78, 5) is 10.8. The maximum atomic E-state index is 12.3. The molecule has 0 unspecified atom stereocenters. The molecule has 2 aromatic rings. The van der Waals surface area contributed by atoms with Crippen LogP contribution in [0, 0.1) is 6.92 Å². The Hall–Kier alpha value is -2.54. The molecule has 0 heterocycles. The lowest BCUT2D eigenvalue weighted by Gasteiger charge is -2.11. The van der Waals surface area contributed by atoms with Crippen LogP contribution in [0.4, 0.5) is 5.69 Å². The molecule has 0 saturated heterocycles. The Balaban J connectivity index is 2.27. The van der Waals surface area contributed by atoms with E-state index in [0.717, 1.165) is 5.56 Å². The molecule has 7 heteroatoms. The van der Waals surface area contributed by atoms with Crippen LogP contribution in [0.3, 0.4) is 0 Å². The van der Waals surface area contributed by atoms with Crippen LogP contribution in [0.1, 0.15) is 15.9 Å². The standard InChI is InChI=1S/C15H15NO5S/c1-10-9-12(5-8-14(10)21-2)16-22(19,20)13-6-3-11(4-7-13)15(17)18/h3-9,16H,1-2H3,(H,17,18). The number of carboxylic acids is 1. The minimum atomic E-state index is -3.78. The third-order valence-electron chi connectivity index (χ3n) is 3.06. The van der Waals surface area contributed by atoms with Crippen molar-refractivity contribution >= 4 is 21.7 Å². The zero-order valence-electron chi connectivity index (χ0n) is 12.0. The number of methoxy groups -OCH3 is 1. The van der Waals surface area contributed by atoms with Crippen molar-refractivity contribution in [3.63, 3.8) is 0 Å². The molecule has 0 atom stereocenters. The van der Waals surface area contributed by atoms with Gasteiger partial charge in [0.25, 0.3) is 10.0 Å². The Bertz CT molecular complexity index is 797. The Morgan fingerprint density at radius 2 is 1.77 bits per heavy atom. The van der Waals surface area contributed by atoms with Crippen molar-refractivity contribution < 1.29 is 23.1 Å². The number of benzene rings is 2. The van der Waals surface area contributed by atoms with Crippen LogP contribution in [0.15, 0.2) is 47.4 Å². The quantitative estimate of drug-likeness (QED) is 0.882. The van der Waals surface area contributed by atoms with Crippen molar-refractivity contribution in [1.29, 1.82) is 0 Å². The Morgan fingerprint density at radius 1 is 1.14 bits per heavy atom. The Kier molecular flexibility index (Phi) is 4.37. The summed E-state index contributed by atoms with van der Waals surface area (Å²) >= 11 is 0. The number of nitrogens with one attached hydrogen (secondary N) is 1. The second kappa shape index (κ2) is 6.07. The van der Waals surface area contributed by atoms with Gasteiger partial charge < -0.3 is 9.84 Å². The highest BCUT2D eigenvalue weighted by atomic mass is 32.2. The molecule has 0 amide bonds. The van der Waals surface area contributed by atoms with Crippen molar-refractivity contribution in [2.45, 2.75) is 11.8 Å². The van der Waals surface area contributed by atoms with Gasteiger partial charge >= 0.3 is 5.97 Å². The monoisotopic (exact) mass is 321 g/mol. The Labute approximate surface area is 128 Å². The molecule has 0 aliphatic carbocycles. The molecular weight excluding hydrogens is 306 g/mol. The number of carboxylic acid groups (broad SMARTS) is 1. The molecule has 22 heavy (non-hydrogen) atoms. The van der Waals surface area contributed by atoms with Gasteiger partial charge in [-0.3, -0.25) is 4.72 Å². The van der Waals surface area contributed by atoms with E-state index in [-0.39, 0.29) is 10.5 Å². The first-order chi connectivity index (χ1) is 10.3. The number of aryl methyl sites for hydroxylation is 1. The second-order valence-electron chi connectivity index (χ2n) is 4.62. The molecule has 2 N–H and O–H groups in total. The van der Waals surface area contributed by atoms with Crippen LogP contribution >= 0.6 is 0 Å². The first kappa shape index (κ1) is 15.8. The summed E-state index contributed by atoms with van der Waals surface area (Å²) in [6.07, 6.45) is 0. The van der Waals surface area contributed by atoms with Crippen LogP contribution in [-0.4, -0.2) is 26.6 Å². The number of hydrogen-bond donors (Lipinski definition) is 2. The minimum absolute atomic E-state index is 0.00836. The van der Waals surface area contributed by atoms with Crippen molar-refractivity contribution in [3.8, 4) is 5.75 Å². The van der Waals surface area contributed by atoms with Crippen LogP contribution in [-0.2, 0) is 10.0 Å². The van der Waals surface area contributed by atoms with E-state index in [9.17, 15) is 13.2 Å². The second-order valence-corrected chi connectivity index (χ2v) is 6.30. The van der Waals surface area contributed by atoms with E-state index >= 15 is 0 Å². The minimum Gasteiger partial charge on any atom is -0.496 e. The average molecular weight is 321 g/mol. The lowest BCUT2D eigenvalue weighted by Crippen LogP contribution is -2.13. The summed E-state index contributed by atoms with van der Waals surface area (Å²) in [5.41, 5.74) is 1.23. The molecule has 2 rings (SSSR count). The van der Waals surface area contributed by atoms with Gasteiger partial charge in [0, 0.05) is 5.69 Å². The van der Waals surface area contributed by atoms with Gasteiger partial charge in [-0.15, -0.1) is 0 Å². The van der Waals surface area contributed by atoms with Crippen molar-refractivity contribution in [3.05, 3.63) is 53.6 Å². The van der Waals surface area contributed by atoms with Gasteiger partial charge in [-0.25, -0.2) is 13.2 Å². The maximum absolute atomic E-state index is 12.3. The van der Waals surface area contributed by atoms with Crippen molar-refractivity contribution in [1.82, 2.24) is 0 Å². The molecule has 0 fully saturated rings. The van der Waals surface area contributed by atoms with Crippen LogP contribution in [0.2, 0.25) is 0 Å². The van der Waals surface area contributed by atoms with Gasteiger partial charge in [0.2, 0.25) is 0 Å². The molecule has 0 aliphatic heterocycles. The SMILES string of the molecule is COc1ccc(NS(=O)(=O)c2ccc(C(=O)O)cc2)cc1C. The summed E-state index contributed by atoms with van der Waals surface area (Å²) in [7, 11) is -2.24. The number of hydrogen-bond acceptors (Lipinski definition) is 4. The van der Waals surface area contributed by atoms with E-state index in [2.05, 4.69) is 4.72 Å². The summed E-state index contributed by atoms with van der Waals surface area (Å²) in [6.45, 7) is 1.80. The third-order valence-corrected chi connectivity index (χ3v) is 4.46. The van der Waals surface area contributed by atoms with E-state index in [1.54, 1.807) is 25.1 Å². The van der Waals surface area contributed by atoms with Gasteiger partial charge in [-0.1, -0.05) is 0 Å². The third kappa shape index (κ3) is 3.37. The highest BCUT2D eigenvalue weighted by molar-refractivity contribution is 7.92. The molecule has 2 aromatic carbocycles. The molecule has 0 radical (unpaired) electrons. The fourth-order valence-electron chi connectivity index (χ4n) is 1.93. The summed E-state index contributed by atoms with van der Waals surface area (Å²) in [5, 5.41) is 8.82. The van der Waals surface area contributed by atoms with Crippen LogP contribution in [0.5, 0.6) is 5.75 Å². The first-order valence-electron chi connectivity index (χ1n) is 6.34. The average Bonchev–Trinajstić information content (AvgIpc) is 2.47. The van der Waals surface area contributed by atoms with Gasteiger partial charge in [0.1, 0.15) is 5.75 Å². The Morgan fingerprint density at radius 3 is 2.27 bits per heavy atom. The molecular formula is C15H15NO5S.